The summed E-state index contributed by atoms with van der Waals surface area (Å²) in [6, 6.07) is 7.30. The van der Waals surface area contributed by atoms with Gasteiger partial charge in [0.1, 0.15) is 0 Å². The number of hydrogen-bond acceptors (Lipinski definition) is 6. The Balaban J connectivity index is 1.32. The molecule has 1 unspecified atom stereocenters. The fraction of sp³-hybridized carbons (Fsp3) is 0.458. The van der Waals surface area contributed by atoms with Gasteiger partial charge in [0, 0.05) is 51.8 Å². The minimum absolute atomic E-state index is 0.0828. The second-order valence-corrected chi connectivity index (χ2v) is 9.15. The van der Waals surface area contributed by atoms with Gasteiger partial charge in [-0.1, -0.05) is 12.1 Å². The predicted octanol–water partition coefficient (Wildman–Crippen LogP) is 2.15. The Labute approximate surface area is 186 Å². The number of rotatable bonds is 4. The van der Waals surface area contributed by atoms with E-state index in [9.17, 15) is 9.59 Å². The van der Waals surface area contributed by atoms with E-state index in [2.05, 4.69) is 9.97 Å². The number of anilines is 1. The molecule has 32 heavy (non-hydrogen) atoms. The Bertz CT molecular complexity index is 1230. The van der Waals surface area contributed by atoms with Crippen molar-refractivity contribution < 1.29 is 4.79 Å². The van der Waals surface area contributed by atoms with Gasteiger partial charge < -0.3 is 9.80 Å². The van der Waals surface area contributed by atoms with Gasteiger partial charge >= 0.3 is 0 Å². The molecular formula is C24H28N6O2. The van der Waals surface area contributed by atoms with Gasteiger partial charge in [0.05, 0.1) is 22.9 Å². The lowest BCUT2D eigenvalue weighted by molar-refractivity contribution is -0.133. The average Bonchev–Trinajstić information content (AvgIpc) is 3.15. The first-order valence-corrected chi connectivity index (χ1v) is 11.2. The van der Waals surface area contributed by atoms with Gasteiger partial charge in [-0.25, -0.2) is 15.0 Å². The Kier molecular flexibility index (Phi) is 5.15. The molecule has 3 heterocycles. The van der Waals surface area contributed by atoms with E-state index in [0.29, 0.717) is 24.0 Å². The van der Waals surface area contributed by atoms with Crippen molar-refractivity contribution in [3.63, 3.8) is 0 Å². The van der Waals surface area contributed by atoms with E-state index in [-0.39, 0.29) is 23.3 Å². The molecule has 0 N–H and O–H groups in total. The van der Waals surface area contributed by atoms with Crippen molar-refractivity contribution in [3.8, 4) is 0 Å². The zero-order valence-electron chi connectivity index (χ0n) is 18.6. The maximum atomic E-state index is 13.1. The number of carbonyl (C=O) groups is 1. The maximum absolute atomic E-state index is 13.1. The second-order valence-electron chi connectivity index (χ2n) is 9.15. The van der Waals surface area contributed by atoms with Gasteiger partial charge in [-0.15, -0.1) is 0 Å². The first-order chi connectivity index (χ1) is 15.5. The zero-order chi connectivity index (χ0) is 22.3. The van der Waals surface area contributed by atoms with Crippen molar-refractivity contribution in [1.82, 2.24) is 24.4 Å². The fourth-order valence-corrected chi connectivity index (χ4v) is 5.13. The minimum Gasteiger partial charge on any atom is -0.347 e. The van der Waals surface area contributed by atoms with Crippen molar-refractivity contribution in [2.45, 2.75) is 44.1 Å². The van der Waals surface area contributed by atoms with E-state index < -0.39 is 0 Å². The van der Waals surface area contributed by atoms with Crippen molar-refractivity contribution in [2.24, 2.45) is 0 Å². The highest BCUT2D eigenvalue weighted by Gasteiger charge is 2.44. The van der Waals surface area contributed by atoms with Crippen LogP contribution in [0.3, 0.4) is 0 Å². The standard InChI is InChI=1S/C24H28N6O2/c1-28(2)23-25-14-17-8-11-24(21(17)27-23)10-5-12-29(15-24)20(31)9-13-30-16-26-19-7-4-3-6-18(19)22(30)32/h3-4,6-7,14,16H,5,8-13,15H2,1-2H3. The van der Waals surface area contributed by atoms with Crippen molar-refractivity contribution >= 4 is 22.8 Å². The third-order valence-corrected chi connectivity index (χ3v) is 6.85. The highest BCUT2D eigenvalue weighted by atomic mass is 16.2. The summed E-state index contributed by atoms with van der Waals surface area (Å²) in [4.78, 5) is 43.4. The number of hydrogen-bond donors (Lipinski definition) is 0. The molecule has 1 amide bonds. The summed E-state index contributed by atoms with van der Waals surface area (Å²) in [5.41, 5.74) is 2.81. The van der Waals surface area contributed by atoms with Crippen LogP contribution in [0.4, 0.5) is 5.95 Å². The molecule has 5 rings (SSSR count). The predicted molar refractivity (Wildman–Crippen MR) is 123 cm³/mol. The first kappa shape index (κ1) is 20.6. The topological polar surface area (TPSA) is 84.2 Å². The number of aromatic nitrogens is 4. The van der Waals surface area contributed by atoms with E-state index in [1.54, 1.807) is 17.0 Å². The molecule has 0 saturated carbocycles. The van der Waals surface area contributed by atoms with Crippen LogP contribution in [-0.4, -0.2) is 57.5 Å². The van der Waals surface area contributed by atoms with Gasteiger partial charge in [-0.3, -0.25) is 14.2 Å². The van der Waals surface area contributed by atoms with Crippen LogP contribution in [0.1, 0.15) is 36.9 Å². The molecule has 8 heteroatoms. The molecule has 1 aliphatic heterocycles. The molecule has 0 bridgehead atoms. The molecule has 1 saturated heterocycles. The molecular weight excluding hydrogens is 404 g/mol. The molecule has 0 radical (unpaired) electrons. The Morgan fingerprint density at radius 3 is 2.88 bits per heavy atom. The van der Waals surface area contributed by atoms with Crippen LogP contribution in [0, 0.1) is 0 Å². The highest BCUT2D eigenvalue weighted by molar-refractivity contribution is 5.78. The third-order valence-electron chi connectivity index (χ3n) is 6.85. The average molecular weight is 433 g/mol. The van der Waals surface area contributed by atoms with Crippen LogP contribution in [0.15, 0.2) is 41.6 Å². The van der Waals surface area contributed by atoms with Gasteiger partial charge in [0.15, 0.2) is 0 Å². The fourth-order valence-electron chi connectivity index (χ4n) is 5.13. The quantitative estimate of drug-likeness (QED) is 0.628. The molecule has 2 aromatic heterocycles. The number of carbonyl (C=O) groups excluding carboxylic acids is 1. The van der Waals surface area contributed by atoms with E-state index in [1.807, 2.05) is 48.3 Å². The van der Waals surface area contributed by atoms with Crippen molar-refractivity contribution in [1.29, 1.82) is 0 Å². The molecule has 1 aromatic carbocycles. The number of aryl methyl sites for hydroxylation is 2. The molecule has 3 aromatic rings. The summed E-state index contributed by atoms with van der Waals surface area (Å²) < 4.78 is 1.54. The normalized spacial score (nSPS) is 20.0. The number of amides is 1. The lowest BCUT2D eigenvalue weighted by atomic mass is 9.77. The molecule has 1 spiro atoms. The molecule has 1 atom stereocenters. The summed E-state index contributed by atoms with van der Waals surface area (Å²) >= 11 is 0. The molecule has 8 nitrogen and oxygen atoms in total. The van der Waals surface area contributed by atoms with Crippen LogP contribution in [0.2, 0.25) is 0 Å². The summed E-state index contributed by atoms with van der Waals surface area (Å²) in [6.45, 7) is 1.78. The van der Waals surface area contributed by atoms with Crippen LogP contribution in [0.25, 0.3) is 10.9 Å². The number of nitrogens with zero attached hydrogens (tertiary/aromatic N) is 6. The smallest absolute Gasteiger partial charge is 0.261 e. The van der Waals surface area contributed by atoms with Crippen molar-refractivity contribution in [2.75, 3.05) is 32.1 Å². The molecule has 1 fully saturated rings. The monoisotopic (exact) mass is 432 g/mol. The summed E-state index contributed by atoms with van der Waals surface area (Å²) in [6.07, 6.45) is 7.76. The number of para-hydroxylation sites is 1. The Morgan fingerprint density at radius 2 is 2.03 bits per heavy atom. The number of likely N-dealkylation sites (tertiary alicyclic amines) is 1. The highest BCUT2D eigenvalue weighted by Crippen LogP contribution is 2.44. The summed E-state index contributed by atoms with van der Waals surface area (Å²) in [5.74, 6) is 0.802. The second kappa shape index (κ2) is 8.00. The van der Waals surface area contributed by atoms with Gasteiger partial charge in [-0.2, -0.15) is 0 Å². The molecule has 1 aliphatic carbocycles. The van der Waals surface area contributed by atoms with Crippen molar-refractivity contribution in [3.05, 3.63) is 58.4 Å². The SMILES string of the molecule is CN(C)c1ncc2c(n1)C1(CCCN(C(=O)CCn3cnc4ccccc4c3=O)C1)CC2. The summed E-state index contributed by atoms with van der Waals surface area (Å²) in [5, 5.41) is 0.582. The maximum Gasteiger partial charge on any atom is 0.261 e. The van der Waals surface area contributed by atoms with E-state index in [1.165, 1.54) is 5.56 Å². The Morgan fingerprint density at radius 1 is 1.19 bits per heavy atom. The lowest BCUT2D eigenvalue weighted by Gasteiger charge is -2.40. The van der Waals surface area contributed by atoms with Gasteiger partial charge in [0.25, 0.3) is 5.56 Å². The first-order valence-electron chi connectivity index (χ1n) is 11.2. The van der Waals surface area contributed by atoms with E-state index >= 15 is 0 Å². The van der Waals surface area contributed by atoms with Crippen LogP contribution >= 0.6 is 0 Å². The third kappa shape index (κ3) is 3.53. The van der Waals surface area contributed by atoms with Gasteiger partial charge in [-0.05, 0) is 43.4 Å². The number of fused-ring (bicyclic) bond motifs is 3. The van der Waals surface area contributed by atoms with E-state index in [4.69, 9.17) is 4.98 Å². The van der Waals surface area contributed by atoms with Crippen LogP contribution in [0.5, 0.6) is 0 Å². The van der Waals surface area contributed by atoms with Crippen LogP contribution in [-0.2, 0) is 23.2 Å². The zero-order valence-corrected chi connectivity index (χ0v) is 18.6. The molecule has 166 valence electrons. The molecule has 2 aliphatic rings. The number of benzene rings is 1. The lowest BCUT2D eigenvalue weighted by Crippen LogP contribution is -2.48. The van der Waals surface area contributed by atoms with Gasteiger partial charge in [0.2, 0.25) is 11.9 Å². The van der Waals surface area contributed by atoms with E-state index in [0.717, 1.165) is 43.9 Å². The number of piperidine rings is 1. The van der Waals surface area contributed by atoms with Crippen LogP contribution < -0.4 is 10.5 Å². The largest absolute Gasteiger partial charge is 0.347 e. The summed E-state index contributed by atoms with van der Waals surface area (Å²) in [7, 11) is 3.90. The minimum atomic E-state index is -0.101. The Hall–Kier alpha value is -3.29.